The molecule has 0 aromatic carbocycles. The zero-order valence-corrected chi connectivity index (χ0v) is 12.1. The van der Waals surface area contributed by atoms with Crippen molar-refractivity contribution in [2.75, 3.05) is 33.7 Å². The molecular weight excluding hydrogens is 246 g/mol. The maximum Gasteiger partial charge on any atom is 0.326 e. The number of hydrogen-bond acceptors (Lipinski definition) is 3. The Morgan fingerprint density at radius 3 is 2.68 bits per heavy atom. The van der Waals surface area contributed by atoms with E-state index in [0.29, 0.717) is 13.1 Å². The fraction of sp³-hybridized carbons (Fsp3) is 0.846. The van der Waals surface area contributed by atoms with Crippen molar-refractivity contribution in [3.8, 4) is 0 Å². The normalized spacial score (nSPS) is 23.5. The van der Waals surface area contributed by atoms with Gasteiger partial charge in [-0.05, 0) is 45.8 Å². The number of rotatable bonds is 5. The number of nitrogens with zero attached hydrogens (tertiary/aromatic N) is 2. The lowest BCUT2D eigenvalue weighted by molar-refractivity contribution is -0.145. The molecule has 2 atom stereocenters. The number of carbonyl (C=O) groups is 2. The van der Waals surface area contributed by atoms with Crippen molar-refractivity contribution < 1.29 is 14.7 Å². The van der Waals surface area contributed by atoms with Gasteiger partial charge in [0.05, 0.1) is 0 Å². The highest BCUT2D eigenvalue weighted by Crippen LogP contribution is 2.23. The topological polar surface area (TPSA) is 72.9 Å². The van der Waals surface area contributed by atoms with Crippen molar-refractivity contribution in [2.45, 2.75) is 32.2 Å². The Kier molecular flexibility index (Phi) is 6.08. The monoisotopic (exact) mass is 271 g/mol. The summed E-state index contributed by atoms with van der Waals surface area (Å²) < 4.78 is 0. The van der Waals surface area contributed by atoms with Crippen LogP contribution in [0.15, 0.2) is 0 Å². The van der Waals surface area contributed by atoms with Crippen molar-refractivity contribution >= 4 is 12.0 Å². The van der Waals surface area contributed by atoms with Crippen molar-refractivity contribution in [1.82, 2.24) is 15.1 Å². The van der Waals surface area contributed by atoms with E-state index in [2.05, 4.69) is 10.2 Å². The van der Waals surface area contributed by atoms with E-state index >= 15 is 0 Å². The van der Waals surface area contributed by atoms with Crippen LogP contribution >= 0.6 is 0 Å². The first-order valence-corrected chi connectivity index (χ1v) is 6.85. The van der Waals surface area contributed by atoms with Gasteiger partial charge in [-0.15, -0.1) is 0 Å². The maximum atomic E-state index is 12.0. The minimum Gasteiger partial charge on any atom is -0.480 e. The smallest absolute Gasteiger partial charge is 0.326 e. The van der Waals surface area contributed by atoms with E-state index < -0.39 is 12.0 Å². The number of likely N-dealkylation sites (tertiary alicyclic amines) is 1. The highest BCUT2D eigenvalue weighted by molar-refractivity contribution is 5.83. The van der Waals surface area contributed by atoms with Gasteiger partial charge in [0, 0.05) is 13.1 Å². The van der Waals surface area contributed by atoms with Crippen LogP contribution in [0, 0.1) is 5.92 Å². The van der Waals surface area contributed by atoms with Gasteiger partial charge in [-0.1, -0.05) is 6.92 Å². The minimum atomic E-state index is -0.907. The summed E-state index contributed by atoms with van der Waals surface area (Å²) in [5.74, 6) is -0.894. The molecule has 0 spiro atoms. The Balaban J connectivity index is 2.47. The second-order valence-corrected chi connectivity index (χ2v) is 5.48. The lowest BCUT2D eigenvalue weighted by Gasteiger charge is -2.37. The summed E-state index contributed by atoms with van der Waals surface area (Å²) in [5, 5.41) is 12.1. The molecule has 2 unspecified atom stereocenters. The van der Waals surface area contributed by atoms with Crippen LogP contribution in [0.5, 0.6) is 0 Å². The van der Waals surface area contributed by atoms with Gasteiger partial charge in [0.1, 0.15) is 6.04 Å². The third-order valence-corrected chi connectivity index (χ3v) is 3.51. The number of piperidine rings is 1. The molecular formula is C13H25N3O3. The number of amides is 2. The van der Waals surface area contributed by atoms with Gasteiger partial charge in [-0.2, -0.15) is 0 Å². The third kappa shape index (κ3) is 4.70. The van der Waals surface area contributed by atoms with Crippen molar-refractivity contribution in [1.29, 1.82) is 0 Å². The van der Waals surface area contributed by atoms with Gasteiger partial charge in [-0.25, -0.2) is 9.59 Å². The highest BCUT2D eigenvalue weighted by atomic mass is 16.4. The van der Waals surface area contributed by atoms with Gasteiger partial charge in [0.25, 0.3) is 0 Å². The van der Waals surface area contributed by atoms with Crippen LogP contribution in [-0.2, 0) is 4.79 Å². The maximum absolute atomic E-state index is 12.0. The van der Waals surface area contributed by atoms with E-state index in [0.717, 1.165) is 25.8 Å². The summed E-state index contributed by atoms with van der Waals surface area (Å²) in [6.07, 6.45) is 2.59. The molecule has 1 aliphatic heterocycles. The Labute approximate surface area is 114 Å². The largest absolute Gasteiger partial charge is 0.480 e. The number of nitrogens with one attached hydrogen (secondary N) is 1. The molecule has 0 radical (unpaired) electrons. The average Bonchev–Trinajstić information content (AvgIpc) is 2.33. The standard InChI is InChI=1S/C13H25N3O3/c1-10-6-4-9-16(11(10)12(17)18)13(19)14-7-5-8-15(2)3/h10-11H,4-9H2,1-3H3,(H,14,19)(H,17,18). The van der Waals surface area contributed by atoms with Crippen LogP contribution in [0.2, 0.25) is 0 Å². The number of aliphatic carboxylic acids is 1. The molecule has 1 saturated heterocycles. The fourth-order valence-corrected chi connectivity index (χ4v) is 2.48. The molecule has 0 aromatic heterocycles. The number of urea groups is 1. The SMILES string of the molecule is CC1CCCN(C(=O)NCCCN(C)C)C1C(=O)O. The highest BCUT2D eigenvalue weighted by Gasteiger charge is 2.36. The van der Waals surface area contributed by atoms with Crippen molar-refractivity contribution in [3.05, 3.63) is 0 Å². The summed E-state index contributed by atoms with van der Waals surface area (Å²) in [6, 6.07) is -0.944. The van der Waals surface area contributed by atoms with Gasteiger partial charge in [0.15, 0.2) is 0 Å². The molecule has 6 heteroatoms. The van der Waals surface area contributed by atoms with Crippen LogP contribution in [0.3, 0.4) is 0 Å². The van der Waals surface area contributed by atoms with E-state index in [4.69, 9.17) is 0 Å². The summed E-state index contributed by atoms with van der Waals surface area (Å²) in [4.78, 5) is 26.8. The molecule has 2 N–H and O–H groups in total. The van der Waals surface area contributed by atoms with Gasteiger partial charge in [-0.3, -0.25) is 0 Å². The van der Waals surface area contributed by atoms with Crippen LogP contribution in [0.1, 0.15) is 26.2 Å². The predicted molar refractivity (Wildman–Crippen MR) is 73.1 cm³/mol. The van der Waals surface area contributed by atoms with Crippen molar-refractivity contribution in [2.24, 2.45) is 5.92 Å². The lowest BCUT2D eigenvalue weighted by Crippen LogP contribution is -2.55. The van der Waals surface area contributed by atoms with E-state index in [1.807, 2.05) is 21.0 Å². The van der Waals surface area contributed by atoms with Crippen LogP contribution in [0.25, 0.3) is 0 Å². The average molecular weight is 271 g/mol. The predicted octanol–water partition coefficient (Wildman–Crippen LogP) is 0.833. The molecule has 0 aromatic rings. The Morgan fingerprint density at radius 1 is 1.42 bits per heavy atom. The second kappa shape index (κ2) is 7.33. The first kappa shape index (κ1) is 15.8. The van der Waals surface area contributed by atoms with Gasteiger partial charge < -0.3 is 20.2 Å². The quantitative estimate of drug-likeness (QED) is 0.727. The molecule has 110 valence electrons. The molecule has 1 heterocycles. The minimum absolute atomic E-state index is 0.0128. The van der Waals surface area contributed by atoms with E-state index in [1.54, 1.807) is 0 Å². The third-order valence-electron chi connectivity index (χ3n) is 3.51. The van der Waals surface area contributed by atoms with E-state index in [9.17, 15) is 14.7 Å². The summed E-state index contributed by atoms with van der Waals surface area (Å²) in [6.45, 7) is 3.90. The Hall–Kier alpha value is -1.30. The number of hydrogen-bond donors (Lipinski definition) is 2. The molecule has 2 amide bonds. The molecule has 0 bridgehead atoms. The molecule has 0 aliphatic carbocycles. The molecule has 6 nitrogen and oxygen atoms in total. The lowest BCUT2D eigenvalue weighted by atomic mass is 9.91. The molecule has 19 heavy (non-hydrogen) atoms. The summed E-state index contributed by atoms with van der Waals surface area (Å²) >= 11 is 0. The number of carboxylic acid groups (broad SMARTS) is 1. The van der Waals surface area contributed by atoms with Gasteiger partial charge >= 0.3 is 12.0 Å². The molecule has 1 aliphatic rings. The summed E-state index contributed by atoms with van der Waals surface area (Å²) in [7, 11) is 3.96. The number of carboxylic acids is 1. The van der Waals surface area contributed by atoms with Crippen LogP contribution in [-0.4, -0.2) is 66.7 Å². The first-order chi connectivity index (χ1) is 8.93. The van der Waals surface area contributed by atoms with E-state index in [1.165, 1.54) is 4.90 Å². The molecule has 0 saturated carbocycles. The first-order valence-electron chi connectivity index (χ1n) is 6.85. The summed E-state index contributed by atoms with van der Waals surface area (Å²) in [5.41, 5.74) is 0. The second-order valence-electron chi connectivity index (χ2n) is 5.48. The van der Waals surface area contributed by atoms with E-state index in [-0.39, 0.29) is 11.9 Å². The zero-order valence-electron chi connectivity index (χ0n) is 12.1. The van der Waals surface area contributed by atoms with Crippen molar-refractivity contribution in [3.63, 3.8) is 0 Å². The van der Waals surface area contributed by atoms with Crippen LogP contribution in [0.4, 0.5) is 4.79 Å². The molecule has 1 rings (SSSR count). The Bertz CT molecular complexity index is 320. The molecule has 1 fully saturated rings. The number of carbonyl (C=O) groups excluding carboxylic acids is 1. The zero-order chi connectivity index (χ0) is 14.4. The van der Waals surface area contributed by atoms with Crippen LogP contribution < -0.4 is 5.32 Å². The Morgan fingerprint density at radius 2 is 2.11 bits per heavy atom. The van der Waals surface area contributed by atoms with Gasteiger partial charge in [0.2, 0.25) is 0 Å². The fourth-order valence-electron chi connectivity index (χ4n) is 2.48.